The van der Waals surface area contributed by atoms with Crippen LogP contribution in [0, 0.1) is 13.8 Å². The zero-order chi connectivity index (χ0) is 30.0. The Balaban J connectivity index is 1.45. The van der Waals surface area contributed by atoms with Crippen LogP contribution in [0.4, 0.5) is 0 Å². The van der Waals surface area contributed by atoms with E-state index in [1.165, 1.54) is 12.1 Å². The molecule has 1 N–H and O–H groups in total. The number of ether oxygens (including phenoxy) is 1. The van der Waals surface area contributed by atoms with Crippen molar-refractivity contribution >= 4 is 33.1 Å². The number of hydrogen-bond acceptors (Lipinski definition) is 5. The molecule has 0 spiro atoms. The smallest absolute Gasteiger partial charge is 0.264 e. The first-order valence-electron chi connectivity index (χ1n) is 14.0. The van der Waals surface area contributed by atoms with Gasteiger partial charge in [0.05, 0.1) is 17.2 Å². The molecule has 9 heteroatoms. The largest absolute Gasteiger partial charge is 0.494 e. The Morgan fingerprint density at radius 1 is 1.02 bits per heavy atom. The summed E-state index contributed by atoms with van der Waals surface area (Å²) in [4.78, 5) is 13.7. The predicted octanol–water partition coefficient (Wildman–Crippen LogP) is 7.08. The van der Waals surface area contributed by atoms with E-state index in [-0.39, 0.29) is 10.9 Å². The second kappa shape index (κ2) is 12.2. The van der Waals surface area contributed by atoms with Crippen molar-refractivity contribution in [1.29, 1.82) is 0 Å². The molecule has 1 heterocycles. The summed E-state index contributed by atoms with van der Waals surface area (Å²) in [5.74, 6) is 0.129. The molecule has 42 heavy (non-hydrogen) atoms. The number of nitrogens with one attached hydrogen (secondary N) is 1. The van der Waals surface area contributed by atoms with Gasteiger partial charge in [0.2, 0.25) is 0 Å². The van der Waals surface area contributed by atoms with Crippen LogP contribution in [0.2, 0.25) is 5.02 Å². The van der Waals surface area contributed by atoms with E-state index >= 15 is 0 Å². The third-order valence-corrected chi connectivity index (χ3v) is 9.40. The first-order valence-corrected chi connectivity index (χ1v) is 15.8. The minimum Gasteiger partial charge on any atom is -0.494 e. The molecule has 0 saturated carbocycles. The van der Waals surface area contributed by atoms with Crippen LogP contribution in [0.15, 0.2) is 83.4 Å². The van der Waals surface area contributed by atoms with E-state index in [1.807, 2.05) is 54.9 Å². The molecule has 0 atom stereocenters. The molecule has 0 bridgehead atoms. The standard InChI is InChI=1S/C33H34ClN3O4S/c1-21(2)37-31(15-16-35-37)28-13-8-12-26-27(14-9-17-41-24-18-22(3)32(34)23(4)19-24)30(20-29(26)28)33(38)36-42(39,40)25-10-6-5-7-11-25/h5-8,10-13,15-16,18-19,21H,9,14,17,20H2,1-4H3,(H,36,38). The number of sulfonamides is 1. The fourth-order valence-electron chi connectivity index (χ4n) is 5.46. The first-order chi connectivity index (χ1) is 20.1. The summed E-state index contributed by atoms with van der Waals surface area (Å²) < 4.78 is 36.4. The lowest BCUT2D eigenvalue weighted by Crippen LogP contribution is -2.32. The lowest BCUT2D eigenvalue weighted by molar-refractivity contribution is -0.115. The van der Waals surface area contributed by atoms with Crippen LogP contribution >= 0.6 is 11.6 Å². The molecule has 5 rings (SSSR count). The number of benzene rings is 3. The van der Waals surface area contributed by atoms with Gasteiger partial charge in [-0.3, -0.25) is 9.48 Å². The first kappa shape index (κ1) is 29.6. The lowest BCUT2D eigenvalue weighted by atomic mass is 9.96. The molecule has 0 fully saturated rings. The minimum atomic E-state index is -4.04. The third-order valence-electron chi connectivity index (χ3n) is 7.46. The summed E-state index contributed by atoms with van der Waals surface area (Å²) >= 11 is 6.30. The van der Waals surface area contributed by atoms with Gasteiger partial charge in [-0.1, -0.05) is 48.0 Å². The van der Waals surface area contributed by atoms with Crippen molar-refractivity contribution in [2.75, 3.05) is 6.61 Å². The van der Waals surface area contributed by atoms with Crippen molar-refractivity contribution in [3.05, 3.63) is 106 Å². The van der Waals surface area contributed by atoms with E-state index in [2.05, 4.69) is 23.7 Å². The minimum absolute atomic E-state index is 0.0412. The van der Waals surface area contributed by atoms with E-state index in [0.717, 1.165) is 49.9 Å². The van der Waals surface area contributed by atoms with Crippen molar-refractivity contribution in [2.45, 2.75) is 57.9 Å². The van der Waals surface area contributed by atoms with Crippen molar-refractivity contribution in [3.8, 4) is 17.0 Å². The van der Waals surface area contributed by atoms with Crippen molar-refractivity contribution in [1.82, 2.24) is 14.5 Å². The zero-order valence-electron chi connectivity index (χ0n) is 24.1. The number of aryl methyl sites for hydroxylation is 2. The van der Waals surface area contributed by atoms with Crippen LogP contribution in [0.25, 0.3) is 16.8 Å². The molecule has 1 aliphatic carbocycles. The number of rotatable bonds is 10. The second-order valence-electron chi connectivity index (χ2n) is 10.8. The van der Waals surface area contributed by atoms with E-state index < -0.39 is 15.9 Å². The number of allylic oxidation sites excluding steroid dienone is 1. The maximum Gasteiger partial charge on any atom is 0.264 e. The Labute approximate surface area is 252 Å². The fraction of sp³-hybridized carbons (Fsp3) is 0.273. The molecule has 3 aromatic carbocycles. The van der Waals surface area contributed by atoms with Gasteiger partial charge in [-0.2, -0.15) is 5.10 Å². The Morgan fingerprint density at radius 3 is 2.40 bits per heavy atom. The number of halogens is 1. The normalized spacial score (nSPS) is 13.0. The van der Waals surface area contributed by atoms with Gasteiger partial charge in [0, 0.05) is 34.8 Å². The maximum atomic E-state index is 13.6. The predicted molar refractivity (Wildman–Crippen MR) is 166 cm³/mol. The van der Waals surface area contributed by atoms with Crippen molar-refractivity contribution in [3.63, 3.8) is 0 Å². The van der Waals surface area contributed by atoms with E-state index in [1.54, 1.807) is 24.4 Å². The number of nitrogens with zero attached hydrogens (tertiary/aromatic N) is 2. The van der Waals surface area contributed by atoms with E-state index in [4.69, 9.17) is 16.3 Å². The molecule has 1 aromatic heterocycles. The van der Waals surface area contributed by atoms with Gasteiger partial charge < -0.3 is 4.74 Å². The van der Waals surface area contributed by atoms with Crippen molar-refractivity contribution < 1.29 is 17.9 Å². The quantitative estimate of drug-likeness (QED) is 0.196. The van der Waals surface area contributed by atoms with E-state index in [0.29, 0.717) is 31.4 Å². The Kier molecular flexibility index (Phi) is 8.57. The number of carbonyl (C=O) groups excluding carboxylic acids is 1. The fourth-order valence-corrected chi connectivity index (χ4v) is 6.57. The van der Waals surface area contributed by atoms with Gasteiger partial charge >= 0.3 is 0 Å². The van der Waals surface area contributed by atoms with Crippen molar-refractivity contribution in [2.24, 2.45) is 0 Å². The summed E-state index contributed by atoms with van der Waals surface area (Å²) in [6, 6.07) is 19.9. The Bertz CT molecular complexity index is 1750. The highest BCUT2D eigenvalue weighted by Gasteiger charge is 2.31. The number of hydrogen-bond donors (Lipinski definition) is 1. The Hall–Kier alpha value is -3.88. The van der Waals surface area contributed by atoms with Gasteiger partial charge in [0.25, 0.3) is 15.9 Å². The molecule has 7 nitrogen and oxygen atoms in total. The molecule has 1 amide bonds. The monoisotopic (exact) mass is 603 g/mol. The van der Waals surface area contributed by atoms with Gasteiger partial charge in [0.15, 0.2) is 0 Å². The highest BCUT2D eigenvalue weighted by atomic mass is 35.5. The molecule has 218 valence electrons. The van der Waals surface area contributed by atoms with Gasteiger partial charge in [-0.25, -0.2) is 13.1 Å². The number of amides is 1. The summed E-state index contributed by atoms with van der Waals surface area (Å²) in [6.45, 7) is 8.45. The summed E-state index contributed by atoms with van der Waals surface area (Å²) in [5, 5.41) is 5.23. The SMILES string of the molecule is Cc1cc(OCCCC2=C(C(=O)NS(=O)(=O)c3ccccc3)Cc3c2cccc3-c2ccnn2C(C)C)cc(C)c1Cl. The van der Waals surface area contributed by atoms with Crippen LogP contribution in [0.3, 0.4) is 0 Å². The number of carbonyl (C=O) groups is 1. The average Bonchev–Trinajstić information content (AvgIpc) is 3.60. The highest BCUT2D eigenvalue weighted by molar-refractivity contribution is 7.90. The third kappa shape index (κ3) is 6.01. The molecule has 0 unspecified atom stereocenters. The molecule has 4 aromatic rings. The topological polar surface area (TPSA) is 90.3 Å². The molecule has 0 aliphatic heterocycles. The van der Waals surface area contributed by atoms with Crippen LogP contribution in [0.1, 0.15) is 55.0 Å². The highest BCUT2D eigenvalue weighted by Crippen LogP contribution is 2.41. The molecule has 1 aliphatic rings. The lowest BCUT2D eigenvalue weighted by Gasteiger charge is -2.15. The Morgan fingerprint density at radius 2 is 1.71 bits per heavy atom. The van der Waals surface area contributed by atoms with Gasteiger partial charge in [0.1, 0.15) is 5.75 Å². The van der Waals surface area contributed by atoms with Crippen LogP contribution in [-0.4, -0.2) is 30.7 Å². The van der Waals surface area contributed by atoms with Crippen LogP contribution in [0.5, 0.6) is 5.75 Å². The number of aromatic nitrogens is 2. The number of fused-ring (bicyclic) bond motifs is 1. The maximum absolute atomic E-state index is 13.6. The molecule has 0 saturated heterocycles. The summed E-state index contributed by atoms with van der Waals surface area (Å²) in [6.07, 6.45) is 3.26. The zero-order valence-corrected chi connectivity index (χ0v) is 25.7. The van der Waals surface area contributed by atoms with Gasteiger partial charge in [-0.05, 0) is 98.7 Å². The molecular weight excluding hydrogens is 570 g/mol. The van der Waals surface area contributed by atoms with Crippen LogP contribution in [-0.2, 0) is 21.2 Å². The summed E-state index contributed by atoms with van der Waals surface area (Å²) in [7, 11) is -4.04. The van der Waals surface area contributed by atoms with Crippen LogP contribution < -0.4 is 9.46 Å². The summed E-state index contributed by atoms with van der Waals surface area (Å²) in [5.41, 5.74) is 7.05. The van der Waals surface area contributed by atoms with E-state index in [9.17, 15) is 13.2 Å². The molecule has 0 radical (unpaired) electrons. The molecular formula is C33H34ClN3O4S. The average molecular weight is 604 g/mol. The second-order valence-corrected chi connectivity index (χ2v) is 12.9. The van der Waals surface area contributed by atoms with Gasteiger partial charge in [-0.15, -0.1) is 0 Å².